The summed E-state index contributed by atoms with van der Waals surface area (Å²) < 4.78 is 5.34. The average molecular weight is 295 g/mol. The predicted molar refractivity (Wildman–Crippen MR) is 84.7 cm³/mol. The molecular weight excluding hydrogens is 278 g/mol. The van der Waals surface area contributed by atoms with Crippen LogP contribution in [0.3, 0.4) is 0 Å². The number of ether oxygens (including phenoxy) is 1. The van der Waals surface area contributed by atoms with Gasteiger partial charge in [0.25, 0.3) is 0 Å². The minimum atomic E-state index is 0.573. The number of aromatic nitrogens is 4. The number of benzene rings is 1. The van der Waals surface area contributed by atoms with Crippen LogP contribution in [0.25, 0.3) is 11.3 Å². The maximum absolute atomic E-state index is 5.34. The molecule has 0 radical (unpaired) electrons. The molecule has 0 saturated carbocycles. The van der Waals surface area contributed by atoms with Crippen LogP contribution in [0.1, 0.15) is 11.3 Å². The highest BCUT2D eigenvalue weighted by molar-refractivity contribution is 5.61. The number of hydrogen-bond donors (Lipinski definition) is 2. The Morgan fingerprint density at radius 3 is 2.86 bits per heavy atom. The molecule has 1 aromatic carbocycles. The van der Waals surface area contributed by atoms with E-state index in [2.05, 4.69) is 25.5 Å². The molecule has 0 aliphatic carbocycles. The molecule has 0 atom stereocenters. The van der Waals surface area contributed by atoms with Crippen LogP contribution < -0.4 is 10.1 Å². The zero-order valence-corrected chi connectivity index (χ0v) is 12.5. The highest BCUT2D eigenvalue weighted by Crippen LogP contribution is 2.21. The fraction of sp³-hybridized carbons (Fsp3) is 0.188. The van der Waals surface area contributed by atoms with Crippen molar-refractivity contribution in [3.8, 4) is 17.0 Å². The van der Waals surface area contributed by atoms with Crippen molar-refractivity contribution in [1.29, 1.82) is 0 Å². The number of nitrogens with zero attached hydrogens (tertiary/aromatic N) is 3. The minimum Gasteiger partial charge on any atom is -0.496 e. The first-order valence-electron chi connectivity index (χ1n) is 6.97. The van der Waals surface area contributed by atoms with Gasteiger partial charge >= 0.3 is 0 Å². The summed E-state index contributed by atoms with van der Waals surface area (Å²) in [5, 5.41) is 10.2. The van der Waals surface area contributed by atoms with Gasteiger partial charge in [-0.3, -0.25) is 5.10 Å². The van der Waals surface area contributed by atoms with Crippen molar-refractivity contribution >= 4 is 5.95 Å². The zero-order valence-electron chi connectivity index (χ0n) is 12.5. The van der Waals surface area contributed by atoms with Crippen molar-refractivity contribution in [1.82, 2.24) is 20.2 Å². The van der Waals surface area contributed by atoms with E-state index < -0.39 is 0 Å². The maximum atomic E-state index is 5.34. The quantitative estimate of drug-likeness (QED) is 0.757. The summed E-state index contributed by atoms with van der Waals surface area (Å²) in [6.07, 6.45) is 3.57. The maximum Gasteiger partial charge on any atom is 0.223 e. The SMILES string of the molecule is COc1ccccc1CNc1nccc(-c2c[nH]nc2C)n1. The van der Waals surface area contributed by atoms with Gasteiger partial charge in [-0.2, -0.15) is 5.10 Å². The van der Waals surface area contributed by atoms with E-state index in [0.29, 0.717) is 12.5 Å². The molecule has 2 aromatic heterocycles. The highest BCUT2D eigenvalue weighted by atomic mass is 16.5. The third kappa shape index (κ3) is 2.90. The topological polar surface area (TPSA) is 75.7 Å². The molecule has 22 heavy (non-hydrogen) atoms. The molecule has 0 fully saturated rings. The van der Waals surface area contributed by atoms with Crippen LogP contribution in [-0.2, 0) is 6.54 Å². The van der Waals surface area contributed by atoms with Gasteiger partial charge in [0.15, 0.2) is 0 Å². The lowest BCUT2D eigenvalue weighted by atomic mass is 10.2. The number of H-pyrrole nitrogens is 1. The second kappa shape index (κ2) is 6.26. The fourth-order valence-corrected chi connectivity index (χ4v) is 2.23. The van der Waals surface area contributed by atoms with E-state index in [4.69, 9.17) is 4.74 Å². The van der Waals surface area contributed by atoms with Crippen LogP contribution in [0.5, 0.6) is 5.75 Å². The molecule has 3 aromatic rings. The molecule has 0 saturated heterocycles. The number of anilines is 1. The van der Waals surface area contributed by atoms with Crippen molar-refractivity contribution in [3.05, 3.63) is 54.0 Å². The first kappa shape index (κ1) is 14.1. The van der Waals surface area contributed by atoms with Gasteiger partial charge in [0.2, 0.25) is 5.95 Å². The monoisotopic (exact) mass is 295 g/mol. The molecule has 0 aliphatic rings. The van der Waals surface area contributed by atoms with Crippen LogP contribution in [0.4, 0.5) is 5.95 Å². The Kier molecular flexibility index (Phi) is 4.00. The van der Waals surface area contributed by atoms with Crippen molar-refractivity contribution < 1.29 is 4.74 Å². The first-order valence-corrected chi connectivity index (χ1v) is 6.97. The van der Waals surface area contributed by atoms with E-state index in [1.54, 1.807) is 13.3 Å². The molecule has 0 aliphatic heterocycles. The zero-order chi connectivity index (χ0) is 15.4. The molecule has 0 unspecified atom stereocenters. The van der Waals surface area contributed by atoms with Crippen LogP contribution in [-0.4, -0.2) is 27.3 Å². The molecule has 0 spiro atoms. The second-order valence-electron chi connectivity index (χ2n) is 4.82. The van der Waals surface area contributed by atoms with Gasteiger partial charge in [0, 0.05) is 30.1 Å². The van der Waals surface area contributed by atoms with Crippen molar-refractivity contribution in [2.24, 2.45) is 0 Å². The fourth-order valence-electron chi connectivity index (χ4n) is 2.23. The lowest BCUT2D eigenvalue weighted by molar-refractivity contribution is 0.410. The molecule has 0 amide bonds. The summed E-state index contributed by atoms with van der Waals surface area (Å²) in [4.78, 5) is 8.78. The largest absolute Gasteiger partial charge is 0.496 e. The Labute approximate surface area is 128 Å². The third-order valence-corrected chi connectivity index (χ3v) is 3.39. The minimum absolute atomic E-state index is 0.573. The normalized spacial score (nSPS) is 10.5. The highest BCUT2D eigenvalue weighted by Gasteiger charge is 2.08. The van der Waals surface area contributed by atoms with Crippen molar-refractivity contribution in [2.45, 2.75) is 13.5 Å². The van der Waals surface area contributed by atoms with Gasteiger partial charge in [-0.05, 0) is 19.1 Å². The first-order chi connectivity index (χ1) is 10.8. The van der Waals surface area contributed by atoms with Crippen LogP contribution in [0.2, 0.25) is 0 Å². The molecule has 2 heterocycles. The standard InChI is InChI=1S/C16H17N5O/c1-11-13(10-19-21-11)14-7-8-17-16(20-14)18-9-12-5-3-4-6-15(12)22-2/h3-8,10H,9H2,1-2H3,(H,19,21)(H,17,18,20). The van der Waals surface area contributed by atoms with E-state index in [0.717, 1.165) is 28.3 Å². The Morgan fingerprint density at radius 1 is 1.23 bits per heavy atom. The smallest absolute Gasteiger partial charge is 0.223 e. The molecular formula is C16H17N5O. The van der Waals surface area contributed by atoms with Crippen LogP contribution >= 0.6 is 0 Å². The number of methoxy groups -OCH3 is 1. The van der Waals surface area contributed by atoms with Gasteiger partial charge in [-0.1, -0.05) is 18.2 Å². The summed E-state index contributed by atoms with van der Waals surface area (Å²) in [5.41, 5.74) is 3.78. The lowest BCUT2D eigenvalue weighted by Gasteiger charge is -2.09. The molecule has 6 heteroatoms. The Hall–Kier alpha value is -2.89. The number of rotatable bonds is 5. The van der Waals surface area contributed by atoms with Gasteiger partial charge < -0.3 is 10.1 Å². The van der Waals surface area contributed by atoms with Crippen molar-refractivity contribution in [2.75, 3.05) is 12.4 Å². The van der Waals surface area contributed by atoms with E-state index >= 15 is 0 Å². The van der Waals surface area contributed by atoms with E-state index in [1.807, 2.05) is 43.5 Å². The third-order valence-electron chi connectivity index (χ3n) is 3.39. The van der Waals surface area contributed by atoms with E-state index in [-0.39, 0.29) is 0 Å². The van der Waals surface area contributed by atoms with Crippen molar-refractivity contribution in [3.63, 3.8) is 0 Å². The number of nitrogens with one attached hydrogen (secondary N) is 2. The second-order valence-corrected chi connectivity index (χ2v) is 4.82. The average Bonchev–Trinajstić information content (AvgIpc) is 2.99. The Morgan fingerprint density at radius 2 is 2.09 bits per heavy atom. The molecule has 112 valence electrons. The van der Waals surface area contributed by atoms with E-state index in [9.17, 15) is 0 Å². The number of para-hydroxylation sites is 1. The van der Waals surface area contributed by atoms with Crippen LogP contribution in [0, 0.1) is 6.92 Å². The van der Waals surface area contributed by atoms with Gasteiger partial charge in [0.1, 0.15) is 5.75 Å². The Balaban J connectivity index is 1.78. The molecule has 2 N–H and O–H groups in total. The summed E-state index contributed by atoms with van der Waals surface area (Å²) in [7, 11) is 1.66. The molecule has 0 bridgehead atoms. The van der Waals surface area contributed by atoms with Crippen LogP contribution in [0.15, 0.2) is 42.7 Å². The van der Waals surface area contributed by atoms with Gasteiger partial charge in [-0.15, -0.1) is 0 Å². The van der Waals surface area contributed by atoms with Gasteiger partial charge in [-0.25, -0.2) is 9.97 Å². The predicted octanol–water partition coefficient (Wildman–Crippen LogP) is 2.80. The summed E-state index contributed by atoms with van der Waals surface area (Å²) in [6.45, 7) is 2.54. The number of hydrogen-bond acceptors (Lipinski definition) is 5. The van der Waals surface area contributed by atoms with E-state index in [1.165, 1.54) is 0 Å². The molecule has 3 rings (SSSR count). The Bertz CT molecular complexity index is 768. The summed E-state index contributed by atoms with van der Waals surface area (Å²) >= 11 is 0. The summed E-state index contributed by atoms with van der Waals surface area (Å²) in [5.74, 6) is 1.42. The number of aryl methyl sites for hydroxylation is 1. The van der Waals surface area contributed by atoms with Gasteiger partial charge in [0.05, 0.1) is 18.5 Å². The summed E-state index contributed by atoms with van der Waals surface area (Å²) in [6, 6.07) is 9.73. The molecule has 6 nitrogen and oxygen atoms in total. The number of aromatic amines is 1. The lowest BCUT2D eigenvalue weighted by Crippen LogP contribution is -2.05.